The number of hydrogen-bond donors (Lipinski definition) is 0. The Hall–Kier alpha value is -3.45. The molecule has 0 N–H and O–H groups in total. The zero-order chi connectivity index (χ0) is 27.1. The van der Waals surface area contributed by atoms with Crippen molar-refractivity contribution in [3.63, 3.8) is 0 Å². The van der Waals surface area contributed by atoms with Gasteiger partial charge >= 0.3 is 0 Å². The van der Waals surface area contributed by atoms with Crippen LogP contribution in [0.3, 0.4) is 0 Å². The average molecular weight is 470 g/mol. The van der Waals surface area contributed by atoms with Crippen molar-refractivity contribution < 1.29 is 0 Å². The SMILES string of the molecule is C=Cc1cccc(C)c1C=C.CC.CC.CC.Cc1ccc2ccccc2c1.Cc1ccccn1. The quantitative estimate of drug-likeness (QED) is 0.284. The van der Waals surface area contributed by atoms with Crippen LogP contribution in [-0.4, -0.2) is 4.98 Å². The van der Waals surface area contributed by atoms with Crippen molar-refractivity contribution >= 4 is 22.9 Å². The van der Waals surface area contributed by atoms with E-state index in [0.29, 0.717) is 0 Å². The van der Waals surface area contributed by atoms with Crippen molar-refractivity contribution in [2.24, 2.45) is 0 Å². The molecule has 0 bridgehead atoms. The Kier molecular flexibility index (Phi) is 21.5. The standard InChI is InChI=1S/C11H10.C11H12.C6H7N.3C2H6/c1-9-6-7-10-4-2-3-5-11(10)8-9;1-4-10-8-6-7-9(3)11(10)5-2;1-6-4-2-3-5-7-6;3*1-2/h2-8H,1H3;4-8H,1-2H2,3H3;2-5H,1H3;3*1-2H3. The summed E-state index contributed by atoms with van der Waals surface area (Å²) in [6, 6.07) is 26.9. The molecule has 1 nitrogen and oxygen atoms in total. The predicted octanol–water partition coefficient (Wildman–Crippen LogP) is 10.9. The highest BCUT2D eigenvalue weighted by molar-refractivity contribution is 5.82. The van der Waals surface area contributed by atoms with Gasteiger partial charge in [-0.1, -0.05) is 139 Å². The predicted molar refractivity (Wildman–Crippen MR) is 163 cm³/mol. The fraction of sp³-hybridized carbons (Fsp3) is 0.265. The van der Waals surface area contributed by atoms with Crippen LogP contribution in [0.25, 0.3) is 22.9 Å². The van der Waals surface area contributed by atoms with Gasteiger partial charge in [0.15, 0.2) is 0 Å². The average Bonchev–Trinajstić information content (AvgIpc) is 2.93. The summed E-state index contributed by atoms with van der Waals surface area (Å²) >= 11 is 0. The van der Waals surface area contributed by atoms with E-state index in [9.17, 15) is 0 Å². The van der Waals surface area contributed by atoms with Gasteiger partial charge in [0.1, 0.15) is 0 Å². The maximum absolute atomic E-state index is 3.98. The second kappa shape index (κ2) is 22.3. The van der Waals surface area contributed by atoms with E-state index >= 15 is 0 Å². The molecule has 0 unspecified atom stereocenters. The Balaban J connectivity index is 0. The molecule has 1 aromatic heterocycles. The van der Waals surface area contributed by atoms with Crippen molar-refractivity contribution in [2.45, 2.75) is 62.3 Å². The van der Waals surface area contributed by atoms with E-state index in [1.54, 1.807) is 6.20 Å². The fourth-order valence-electron chi connectivity index (χ4n) is 2.92. The van der Waals surface area contributed by atoms with E-state index < -0.39 is 0 Å². The molecule has 0 amide bonds. The summed E-state index contributed by atoms with van der Waals surface area (Å²) < 4.78 is 0. The third-order valence-corrected chi connectivity index (χ3v) is 4.50. The largest absolute Gasteiger partial charge is 0.262 e. The van der Waals surface area contributed by atoms with Gasteiger partial charge in [0.2, 0.25) is 0 Å². The molecule has 0 saturated heterocycles. The zero-order valence-corrected chi connectivity index (χ0v) is 23.6. The molecule has 0 radical (unpaired) electrons. The first-order chi connectivity index (χ1) is 17.0. The number of hydrogen-bond acceptors (Lipinski definition) is 1. The second-order valence-corrected chi connectivity index (χ2v) is 6.81. The van der Waals surface area contributed by atoms with Crippen LogP contribution in [0.2, 0.25) is 0 Å². The summed E-state index contributed by atoms with van der Waals surface area (Å²) in [6.07, 6.45) is 5.51. The third-order valence-electron chi connectivity index (χ3n) is 4.50. The molecule has 4 aromatic rings. The molecule has 0 saturated carbocycles. The van der Waals surface area contributed by atoms with E-state index in [0.717, 1.165) is 11.3 Å². The van der Waals surface area contributed by atoms with E-state index in [4.69, 9.17) is 0 Å². The van der Waals surface area contributed by atoms with Gasteiger partial charge < -0.3 is 0 Å². The summed E-state index contributed by atoms with van der Waals surface area (Å²) in [7, 11) is 0. The second-order valence-electron chi connectivity index (χ2n) is 6.81. The van der Waals surface area contributed by atoms with Crippen molar-refractivity contribution in [1.82, 2.24) is 4.98 Å². The number of benzene rings is 3. The monoisotopic (exact) mass is 469 g/mol. The molecule has 0 aliphatic heterocycles. The Morgan fingerprint density at radius 1 is 0.600 bits per heavy atom. The van der Waals surface area contributed by atoms with Crippen LogP contribution >= 0.6 is 0 Å². The topological polar surface area (TPSA) is 12.9 Å². The number of aryl methyl sites for hydroxylation is 3. The van der Waals surface area contributed by atoms with Gasteiger partial charge in [-0.25, -0.2) is 0 Å². The number of aromatic nitrogens is 1. The van der Waals surface area contributed by atoms with Crippen LogP contribution in [0.4, 0.5) is 0 Å². The molecule has 4 rings (SSSR count). The van der Waals surface area contributed by atoms with E-state index in [-0.39, 0.29) is 0 Å². The highest BCUT2D eigenvalue weighted by Gasteiger charge is 1.96. The lowest BCUT2D eigenvalue weighted by molar-refractivity contribution is 1.20. The summed E-state index contributed by atoms with van der Waals surface area (Å²) in [4.78, 5) is 3.98. The van der Waals surface area contributed by atoms with Gasteiger partial charge in [-0.2, -0.15) is 0 Å². The molecule has 3 aromatic carbocycles. The Morgan fingerprint density at radius 2 is 1.20 bits per heavy atom. The summed E-state index contributed by atoms with van der Waals surface area (Å²) in [5.41, 5.74) is 5.98. The highest BCUT2D eigenvalue weighted by atomic mass is 14.6. The molecule has 35 heavy (non-hydrogen) atoms. The molecule has 0 fully saturated rings. The molecule has 1 heteroatoms. The van der Waals surface area contributed by atoms with Crippen LogP contribution in [-0.2, 0) is 0 Å². The number of pyridine rings is 1. The minimum Gasteiger partial charge on any atom is -0.262 e. The first-order valence-electron chi connectivity index (χ1n) is 12.7. The van der Waals surface area contributed by atoms with Gasteiger partial charge in [-0.3, -0.25) is 4.98 Å². The Bertz CT molecular complexity index is 1060. The van der Waals surface area contributed by atoms with Crippen molar-refractivity contribution in [2.75, 3.05) is 0 Å². The Labute approximate surface area is 216 Å². The first-order valence-corrected chi connectivity index (χ1v) is 12.7. The van der Waals surface area contributed by atoms with Gasteiger partial charge in [0.25, 0.3) is 0 Å². The van der Waals surface area contributed by atoms with E-state index in [1.807, 2.05) is 91.0 Å². The molecule has 0 aliphatic rings. The lowest BCUT2D eigenvalue weighted by atomic mass is 10.0. The smallest absolute Gasteiger partial charge is 0.0372 e. The maximum atomic E-state index is 3.98. The fourth-order valence-corrected chi connectivity index (χ4v) is 2.92. The van der Waals surface area contributed by atoms with E-state index in [2.05, 4.69) is 80.5 Å². The van der Waals surface area contributed by atoms with Gasteiger partial charge in [0, 0.05) is 11.9 Å². The molecule has 188 valence electrons. The van der Waals surface area contributed by atoms with Crippen molar-refractivity contribution in [3.8, 4) is 0 Å². The van der Waals surface area contributed by atoms with Gasteiger partial charge in [0.05, 0.1) is 0 Å². The summed E-state index contributed by atoms with van der Waals surface area (Å²) in [5, 5.41) is 2.64. The minimum atomic E-state index is 1.07. The molecule has 0 spiro atoms. The Morgan fingerprint density at radius 3 is 1.66 bits per heavy atom. The molecule has 0 aliphatic carbocycles. The molecular weight excluding hydrogens is 422 g/mol. The maximum Gasteiger partial charge on any atom is 0.0372 e. The molecular formula is C34H47N. The molecule has 1 heterocycles. The lowest BCUT2D eigenvalue weighted by Crippen LogP contribution is -1.83. The number of nitrogens with zero attached hydrogens (tertiary/aromatic N) is 1. The van der Waals surface area contributed by atoms with Crippen LogP contribution in [0.1, 0.15) is 69.5 Å². The van der Waals surface area contributed by atoms with Crippen LogP contribution in [0, 0.1) is 20.8 Å². The van der Waals surface area contributed by atoms with Crippen LogP contribution in [0.15, 0.2) is 98.2 Å². The summed E-state index contributed by atoms with van der Waals surface area (Å²) in [6.45, 7) is 25.6. The minimum absolute atomic E-state index is 1.07. The van der Waals surface area contributed by atoms with Gasteiger partial charge in [-0.05, 0) is 60.4 Å². The molecule has 0 atom stereocenters. The third kappa shape index (κ3) is 13.8. The van der Waals surface area contributed by atoms with Crippen molar-refractivity contribution in [1.29, 1.82) is 0 Å². The first kappa shape index (κ1) is 33.7. The normalized spacial score (nSPS) is 8.37. The number of fused-ring (bicyclic) bond motifs is 1. The lowest BCUT2D eigenvalue weighted by Gasteiger charge is -2.03. The van der Waals surface area contributed by atoms with Crippen molar-refractivity contribution in [3.05, 3.63) is 126 Å². The van der Waals surface area contributed by atoms with Crippen LogP contribution < -0.4 is 0 Å². The number of rotatable bonds is 2. The highest BCUT2D eigenvalue weighted by Crippen LogP contribution is 2.16. The van der Waals surface area contributed by atoms with Gasteiger partial charge in [-0.15, -0.1) is 0 Å². The zero-order valence-electron chi connectivity index (χ0n) is 23.6. The van der Waals surface area contributed by atoms with Crippen LogP contribution in [0.5, 0.6) is 0 Å². The summed E-state index contributed by atoms with van der Waals surface area (Å²) in [5.74, 6) is 0. The van der Waals surface area contributed by atoms with E-state index in [1.165, 1.54) is 27.5 Å².